The summed E-state index contributed by atoms with van der Waals surface area (Å²) in [6.07, 6.45) is 1.49. The molecule has 2 aromatic carbocycles. The fourth-order valence-corrected chi connectivity index (χ4v) is 1.91. The Morgan fingerprint density at radius 3 is 1.59 bits per heavy atom. The molecule has 0 fully saturated rings. The highest BCUT2D eigenvalue weighted by atomic mass is 35.5. The normalized spacial score (nSPS) is 10.3. The summed E-state index contributed by atoms with van der Waals surface area (Å²) < 4.78 is 5.04. The third-order valence-electron chi connectivity index (χ3n) is 3.75. The van der Waals surface area contributed by atoms with Crippen molar-refractivity contribution >= 4 is 23.5 Å². The number of aliphatic hydroxyl groups excluding tert-OH is 1. The SMILES string of the molecule is CC(C)(Cl)C(=O)OCCc1ccccc1.CC(C)(N)C(=O)O.N.OCCc1ccccc1. The summed E-state index contributed by atoms with van der Waals surface area (Å²) in [5.74, 6) is -1.35. The lowest BCUT2D eigenvalue weighted by atomic mass is 10.1. The minimum Gasteiger partial charge on any atom is -0.480 e. The minimum absolute atomic E-state index is 0. The molecule has 2 rings (SSSR count). The van der Waals surface area contributed by atoms with Crippen LogP contribution in [0, 0.1) is 0 Å². The first-order valence-electron chi connectivity index (χ1n) is 9.95. The van der Waals surface area contributed by atoms with E-state index >= 15 is 0 Å². The number of hydrogen-bond donors (Lipinski definition) is 4. The van der Waals surface area contributed by atoms with Gasteiger partial charge in [-0.3, -0.25) is 9.59 Å². The zero-order valence-corrected chi connectivity index (χ0v) is 20.1. The highest BCUT2D eigenvalue weighted by Crippen LogP contribution is 2.14. The maximum absolute atomic E-state index is 11.3. The highest BCUT2D eigenvalue weighted by molar-refractivity contribution is 6.33. The van der Waals surface area contributed by atoms with Crippen LogP contribution in [-0.4, -0.2) is 45.8 Å². The molecule has 0 radical (unpaired) electrons. The summed E-state index contributed by atoms with van der Waals surface area (Å²) in [6, 6.07) is 19.8. The van der Waals surface area contributed by atoms with Gasteiger partial charge in [0.25, 0.3) is 0 Å². The molecule has 0 saturated heterocycles. The van der Waals surface area contributed by atoms with E-state index in [1.54, 1.807) is 13.8 Å². The zero-order chi connectivity index (χ0) is 23.9. The lowest BCUT2D eigenvalue weighted by Crippen LogP contribution is -2.41. The molecular weight excluding hydrogens is 432 g/mol. The number of carbonyl (C=O) groups is 2. The van der Waals surface area contributed by atoms with Gasteiger partial charge >= 0.3 is 11.9 Å². The van der Waals surface area contributed by atoms with E-state index in [0.717, 1.165) is 18.4 Å². The number of carboxylic acids is 1. The van der Waals surface area contributed by atoms with Crippen molar-refractivity contribution in [3.8, 4) is 0 Å². The van der Waals surface area contributed by atoms with Crippen LogP contribution in [-0.2, 0) is 27.2 Å². The topological polar surface area (TPSA) is 145 Å². The smallest absolute Gasteiger partial charge is 0.326 e. The van der Waals surface area contributed by atoms with Gasteiger partial charge in [0.1, 0.15) is 10.4 Å². The summed E-state index contributed by atoms with van der Waals surface area (Å²) in [5, 5.41) is 16.6. The number of rotatable bonds is 7. The average Bonchev–Trinajstić information content (AvgIpc) is 2.69. The molecule has 0 amide bonds. The Kier molecular flexibility index (Phi) is 16.1. The summed E-state index contributed by atoms with van der Waals surface area (Å²) >= 11 is 5.79. The van der Waals surface area contributed by atoms with Crippen molar-refractivity contribution in [2.75, 3.05) is 13.2 Å². The van der Waals surface area contributed by atoms with Gasteiger partial charge < -0.3 is 26.8 Å². The summed E-state index contributed by atoms with van der Waals surface area (Å²) in [4.78, 5) is 20.3. The largest absolute Gasteiger partial charge is 0.480 e. The Labute approximate surface area is 196 Å². The summed E-state index contributed by atoms with van der Waals surface area (Å²) in [6.45, 7) is 6.74. The number of halogens is 1. The molecule has 0 aliphatic rings. The predicted octanol–water partition coefficient (Wildman–Crippen LogP) is 3.98. The fourth-order valence-electron chi connectivity index (χ4n) is 1.85. The third kappa shape index (κ3) is 16.3. The number of carbonyl (C=O) groups excluding carboxylic acids is 1. The summed E-state index contributed by atoms with van der Waals surface area (Å²) in [7, 11) is 0. The van der Waals surface area contributed by atoms with Crippen molar-refractivity contribution in [3.63, 3.8) is 0 Å². The van der Waals surface area contributed by atoms with Crippen LogP contribution < -0.4 is 11.9 Å². The predicted molar refractivity (Wildman–Crippen MR) is 129 cm³/mol. The number of alkyl halides is 1. The van der Waals surface area contributed by atoms with E-state index in [1.165, 1.54) is 19.4 Å². The maximum Gasteiger partial charge on any atom is 0.326 e. The monoisotopic (exact) mass is 468 g/mol. The lowest BCUT2D eigenvalue weighted by Gasteiger charge is -2.14. The molecule has 7 N–H and O–H groups in total. The molecule has 32 heavy (non-hydrogen) atoms. The van der Waals surface area contributed by atoms with Crippen LogP contribution in [0.15, 0.2) is 60.7 Å². The number of benzene rings is 2. The van der Waals surface area contributed by atoms with E-state index in [0.29, 0.717) is 6.61 Å². The quantitative estimate of drug-likeness (QED) is 0.355. The minimum atomic E-state index is -1.08. The number of ether oxygens (including phenoxy) is 1. The van der Waals surface area contributed by atoms with Gasteiger partial charge in [0.05, 0.1) is 6.61 Å². The first-order chi connectivity index (χ1) is 14.4. The molecule has 0 unspecified atom stereocenters. The number of esters is 1. The van der Waals surface area contributed by atoms with Crippen molar-refractivity contribution in [1.82, 2.24) is 6.15 Å². The van der Waals surface area contributed by atoms with E-state index in [2.05, 4.69) is 0 Å². The lowest BCUT2D eigenvalue weighted by molar-refractivity contribution is -0.146. The first kappa shape index (κ1) is 31.7. The Hall–Kier alpha value is -2.45. The van der Waals surface area contributed by atoms with Crippen LogP contribution in [0.4, 0.5) is 0 Å². The molecule has 8 heteroatoms. The standard InChI is InChI=1S/C12H15ClO2.C8H10O.C4H9NO2.H3N/c1-12(2,13)11(14)15-9-8-10-6-4-3-5-7-10;9-7-6-8-4-2-1-3-5-8;1-4(2,5)3(6)7;/h3-7H,8-9H2,1-2H3;1-5,9H,6-7H2;5H2,1-2H3,(H,6,7);1H3. The summed E-state index contributed by atoms with van der Waals surface area (Å²) in [5.41, 5.74) is 6.34. The van der Waals surface area contributed by atoms with E-state index in [4.69, 9.17) is 32.3 Å². The Morgan fingerprint density at radius 1 is 0.906 bits per heavy atom. The second kappa shape index (κ2) is 16.2. The molecule has 0 aliphatic carbocycles. The van der Waals surface area contributed by atoms with Crippen LogP contribution in [0.3, 0.4) is 0 Å². The van der Waals surface area contributed by atoms with Crippen molar-refractivity contribution in [3.05, 3.63) is 71.8 Å². The molecule has 0 atom stereocenters. The molecule has 0 spiro atoms. The molecule has 0 aliphatic heterocycles. The number of hydrogen-bond acceptors (Lipinski definition) is 6. The maximum atomic E-state index is 11.3. The van der Waals surface area contributed by atoms with E-state index < -0.39 is 16.4 Å². The van der Waals surface area contributed by atoms with Crippen LogP contribution in [0.25, 0.3) is 0 Å². The van der Waals surface area contributed by atoms with Crippen molar-refractivity contribution in [1.29, 1.82) is 0 Å². The fraction of sp³-hybridized carbons (Fsp3) is 0.417. The third-order valence-corrected chi connectivity index (χ3v) is 3.90. The molecule has 0 heterocycles. The van der Waals surface area contributed by atoms with E-state index in [1.807, 2.05) is 60.7 Å². The first-order valence-corrected chi connectivity index (χ1v) is 10.3. The molecule has 0 bridgehead atoms. The van der Waals surface area contributed by atoms with Gasteiger partial charge in [-0.2, -0.15) is 0 Å². The van der Waals surface area contributed by atoms with Gasteiger partial charge in [-0.15, -0.1) is 11.6 Å². The highest BCUT2D eigenvalue weighted by Gasteiger charge is 2.25. The van der Waals surface area contributed by atoms with Gasteiger partial charge in [0.2, 0.25) is 0 Å². The van der Waals surface area contributed by atoms with Gasteiger partial charge in [0.15, 0.2) is 0 Å². The van der Waals surface area contributed by atoms with Crippen LogP contribution in [0.2, 0.25) is 0 Å². The van der Waals surface area contributed by atoms with E-state index in [-0.39, 0.29) is 18.7 Å². The van der Waals surface area contributed by atoms with Crippen molar-refractivity contribution < 1.29 is 24.5 Å². The van der Waals surface area contributed by atoms with Crippen LogP contribution >= 0.6 is 11.6 Å². The average molecular weight is 469 g/mol. The Morgan fingerprint density at radius 2 is 1.28 bits per heavy atom. The van der Waals surface area contributed by atoms with Gasteiger partial charge in [0, 0.05) is 13.0 Å². The molecule has 2 aromatic rings. The number of carboxylic acid groups (broad SMARTS) is 1. The van der Waals surface area contributed by atoms with Gasteiger partial charge in [-0.05, 0) is 45.2 Å². The Balaban J connectivity index is 0. The van der Waals surface area contributed by atoms with Crippen LogP contribution in [0.5, 0.6) is 0 Å². The molecule has 7 nitrogen and oxygen atoms in total. The van der Waals surface area contributed by atoms with Crippen molar-refractivity contribution in [2.24, 2.45) is 5.73 Å². The number of aliphatic carboxylic acids is 1. The van der Waals surface area contributed by atoms with Crippen molar-refractivity contribution in [2.45, 2.75) is 50.9 Å². The molecule has 0 aromatic heterocycles. The zero-order valence-electron chi connectivity index (χ0n) is 19.4. The van der Waals surface area contributed by atoms with Gasteiger partial charge in [-0.25, -0.2) is 0 Å². The molecule has 0 saturated carbocycles. The number of aliphatic hydroxyl groups is 1. The molecule has 180 valence electrons. The van der Waals surface area contributed by atoms with Crippen LogP contribution in [0.1, 0.15) is 38.8 Å². The molecular formula is C24H37ClN2O5. The number of nitrogens with two attached hydrogens (primary N) is 1. The second-order valence-corrected chi connectivity index (χ2v) is 8.77. The second-order valence-electron chi connectivity index (χ2n) is 7.83. The van der Waals surface area contributed by atoms with Gasteiger partial charge in [-0.1, -0.05) is 60.7 Å². The van der Waals surface area contributed by atoms with E-state index in [9.17, 15) is 9.59 Å². The Bertz CT molecular complexity index is 757.